The third kappa shape index (κ3) is 5.62. The number of nitrogens with zero attached hydrogens (tertiary/aromatic N) is 2. The van der Waals surface area contributed by atoms with Gasteiger partial charge in [-0.3, -0.25) is 4.79 Å². The van der Waals surface area contributed by atoms with Gasteiger partial charge in [-0.1, -0.05) is 18.2 Å². The second-order valence-electron chi connectivity index (χ2n) is 7.89. The van der Waals surface area contributed by atoms with Crippen LogP contribution in [0.5, 0.6) is 11.5 Å². The molecule has 172 valence electrons. The fourth-order valence-electron chi connectivity index (χ4n) is 3.75. The summed E-state index contributed by atoms with van der Waals surface area (Å²) in [6.07, 6.45) is 2.42. The van der Waals surface area contributed by atoms with Gasteiger partial charge in [-0.15, -0.1) is 17.9 Å². The monoisotopic (exact) mass is 457 g/mol. The summed E-state index contributed by atoms with van der Waals surface area (Å²) in [6, 6.07) is 9.00. The standard InChI is InChI=1S/C24H31N3O4S/c1-5-12-26(24(29)25-17(2)3)15-23(28)27-13-10-22-18(11-14-32-22)19(27)16-31-21-9-7-6-8-20(21)30-4/h5-9,11,14,17,19H,1,10,12-13,15-16H2,2-4H3,(H,25,29)/t19-/m0/s1. The van der Waals surface area contributed by atoms with Crippen LogP contribution >= 0.6 is 11.3 Å². The van der Waals surface area contributed by atoms with E-state index in [0.29, 0.717) is 31.2 Å². The Hall–Kier alpha value is -3.00. The third-order valence-electron chi connectivity index (χ3n) is 5.26. The minimum absolute atomic E-state index is 0.0183. The van der Waals surface area contributed by atoms with Crippen molar-refractivity contribution in [1.82, 2.24) is 15.1 Å². The summed E-state index contributed by atoms with van der Waals surface area (Å²) in [6.45, 7) is 8.66. The minimum Gasteiger partial charge on any atom is -0.493 e. The van der Waals surface area contributed by atoms with Crippen molar-refractivity contribution in [2.24, 2.45) is 0 Å². The van der Waals surface area contributed by atoms with Crippen molar-refractivity contribution in [1.29, 1.82) is 0 Å². The number of amides is 3. The number of ether oxygens (including phenoxy) is 2. The van der Waals surface area contributed by atoms with E-state index in [1.165, 1.54) is 9.78 Å². The van der Waals surface area contributed by atoms with Crippen molar-refractivity contribution < 1.29 is 19.1 Å². The minimum atomic E-state index is -0.275. The van der Waals surface area contributed by atoms with Gasteiger partial charge in [-0.2, -0.15) is 0 Å². The summed E-state index contributed by atoms with van der Waals surface area (Å²) in [5.41, 5.74) is 1.10. The van der Waals surface area contributed by atoms with Crippen molar-refractivity contribution in [2.45, 2.75) is 32.4 Å². The Labute approximate surface area is 193 Å². The zero-order chi connectivity index (χ0) is 23.1. The molecule has 1 atom stereocenters. The quantitative estimate of drug-likeness (QED) is 0.581. The predicted molar refractivity (Wildman–Crippen MR) is 126 cm³/mol. The smallest absolute Gasteiger partial charge is 0.318 e. The molecule has 3 amide bonds. The molecule has 0 spiro atoms. The highest BCUT2D eigenvalue weighted by molar-refractivity contribution is 7.10. The highest BCUT2D eigenvalue weighted by Crippen LogP contribution is 2.35. The number of nitrogens with one attached hydrogen (secondary N) is 1. The van der Waals surface area contributed by atoms with Crippen LogP contribution in [0.4, 0.5) is 4.79 Å². The molecule has 1 aliphatic heterocycles. The number of carbonyl (C=O) groups excluding carboxylic acids is 2. The van der Waals surface area contributed by atoms with Gasteiger partial charge < -0.3 is 24.6 Å². The first-order chi connectivity index (χ1) is 15.4. The molecule has 0 saturated heterocycles. The maximum absolute atomic E-state index is 13.3. The van der Waals surface area contributed by atoms with Crippen LogP contribution in [-0.2, 0) is 11.2 Å². The second-order valence-corrected chi connectivity index (χ2v) is 8.89. The van der Waals surface area contributed by atoms with E-state index in [9.17, 15) is 9.59 Å². The van der Waals surface area contributed by atoms with E-state index < -0.39 is 0 Å². The molecule has 32 heavy (non-hydrogen) atoms. The first kappa shape index (κ1) is 23.7. The van der Waals surface area contributed by atoms with Crippen molar-refractivity contribution >= 4 is 23.3 Å². The molecule has 0 fully saturated rings. The Morgan fingerprint density at radius 1 is 1.31 bits per heavy atom. The van der Waals surface area contributed by atoms with Crippen molar-refractivity contribution in [3.05, 3.63) is 58.8 Å². The van der Waals surface area contributed by atoms with Crippen molar-refractivity contribution in [2.75, 3.05) is 33.4 Å². The molecule has 1 aromatic heterocycles. The summed E-state index contributed by atoms with van der Waals surface area (Å²) in [4.78, 5) is 30.5. The van der Waals surface area contributed by atoms with E-state index in [2.05, 4.69) is 23.3 Å². The molecule has 0 bridgehead atoms. The lowest BCUT2D eigenvalue weighted by molar-refractivity contribution is -0.135. The normalized spacial score (nSPS) is 15.1. The maximum atomic E-state index is 13.3. The molecule has 2 aromatic rings. The van der Waals surface area contributed by atoms with Crippen LogP contribution in [0.1, 0.15) is 30.3 Å². The lowest BCUT2D eigenvalue weighted by Gasteiger charge is -2.37. The number of urea groups is 1. The Bertz CT molecular complexity index is 943. The molecule has 3 rings (SSSR count). The van der Waals surface area contributed by atoms with Crippen LogP contribution in [0.2, 0.25) is 0 Å². The maximum Gasteiger partial charge on any atom is 0.318 e. The zero-order valence-corrected chi connectivity index (χ0v) is 19.7. The molecule has 1 N–H and O–H groups in total. The fourth-order valence-corrected chi connectivity index (χ4v) is 4.68. The number of hydrogen-bond acceptors (Lipinski definition) is 5. The second kappa shape index (κ2) is 11.0. The number of para-hydroxylation sites is 2. The number of hydrogen-bond donors (Lipinski definition) is 1. The van der Waals surface area contributed by atoms with Gasteiger partial charge in [-0.05, 0) is 49.4 Å². The first-order valence-corrected chi connectivity index (χ1v) is 11.6. The number of fused-ring (bicyclic) bond motifs is 1. The lowest BCUT2D eigenvalue weighted by Crippen LogP contribution is -2.50. The van der Waals surface area contributed by atoms with Crippen LogP contribution in [-0.4, -0.2) is 61.1 Å². The van der Waals surface area contributed by atoms with Crippen molar-refractivity contribution in [3.63, 3.8) is 0 Å². The molecule has 2 heterocycles. The largest absolute Gasteiger partial charge is 0.493 e. The van der Waals surface area contributed by atoms with Crippen molar-refractivity contribution in [3.8, 4) is 11.5 Å². The molecule has 0 unspecified atom stereocenters. The van der Waals surface area contributed by atoms with E-state index in [-0.39, 0.29) is 30.6 Å². The van der Waals surface area contributed by atoms with E-state index in [0.717, 1.165) is 12.0 Å². The van der Waals surface area contributed by atoms with Crippen LogP contribution < -0.4 is 14.8 Å². The van der Waals surface area contributed by atoms with Crippen LogP contribution in [0.3, 0.4) is 0 Å². The topological polar surface area (TPSA) is 71.1 Å². The SMILES string of the molecule is C=CCN(CC(=O)N1CCc2sccc2[C@@H]1COc1ccccc1OC)C(=O)NC(C)C. The van der Waals surface area contributed by atoms with E-state index in [1.807, 2.05) is 43.0 Å². The summed E-state index contributed by atoms with van der Waals surface area (Å²) in [5.74, 6) is 1.17. The average Bonchev–Trinajstić information content (AvgIpc) is 3.26. The molecular weight excluding hydrogens is 426 g/mol. The van der Waals surface area contributed by atoms with Crippen LogP contribution in [0.15, 0.2) is 48.4 Å². The molecule has 0 radical (unpaired) electrons. The Kier molecular flexibility index (Phi) is 8.16. The van der Waals surface area contributed by atoms with E-state index >= 15 is 0 Å². The third-order valence-corrected chi connectivity index (χ3v) is 6.25. The van der Waals surface area contributed by atoms with Crippen LogP contribution in [0, 0.1) is 0 Å². The zero-order valence-electron chi connectivity index (χ0n) is 18.9. The van der Waals surface area contributed by atoms with E-state index in [1.54, 1.807) is 24.5 Å². The van der Waals surface area contributed by atoms with Gasteiger partial charge in [0.15, 0.2) is 11.5 Å². The highest BCUT2D eigenvalue weighted by Gasteiger charge is 2.33. The number of methoxy groups -OCH3 is 1. The fraction of sp³-hybridized carbons (Fsp3) is 0.417. The molecule has 0 aliphatic carbocycles. The molecule has 1 aromatic carbocycles. The average molecular weight is 458 g/mol. The number of carbonyl (C=O) groups is 2. The van der Waals surface area contributed by atoms with Gasteiger partial charge in [0.05, 0.1) is 13.2 Å². The molecule has 1 aliphatic rings. The summed E-state index contributed by atoms with van der Waals surface area (Å²) >= 11 is 1.70. The number of rotatable bonds is 9. The summed E-state index contributed by atoms with van der Waals surface area (Å²) in [5, 5.41) is 4.90. The summed E-state index contributed by atoms with van der Waals surface area (Å²) < 4.78 is 11.5. The molecule has 0 saturated carbocycles. The van der Waals surface area contributed by atoms with Crippen LogP contribution in [0.25, 0.3) is 0 Å². The van der Waals surface area contributed by atoms with Gasteiger partial charge in [0, 0.05) is 24.0 Å². The molecule has 7 nitrogen and oxygen atoms in total. The van der Waals surface area contributed by atoms with Gasteiger partial charge in [-0.25, -0.2) is 4.79 Å². The number of benzene rings is 1. The Balaban J connectivity index is 1.77. The highest BCUT2D eigenvalue weighted by atomic mass is 32.1. The van der Waals surface area contributed by atoms with Gasteiger partial charge in [0.2, 0.25) is 5.91 Å². The first-order valence-electron chi connectivity index (χ1n) is 10.7. The predicted octanol–water partition coefficient (Wildman–Crippen LogP) is 3.87. The van der Waals surface area contributed by atoms with Gasteiger partial charge >= 0.3 is 6.03 Å². The van der Waals surface area contributed by atoms with Gasteiger partial charge in [0.25, 0.3) is 0 Å². The lowest BCUT2D eigenvalue weighted by atomic mass is 10.0. The molecular formula is C24H31N3O4S. The Morgan fingerprint density at radius 3 is 2.75 bits per heavy atom. The van der Waals surface area contributed by atoms with Gasteiger partial charge in [0.1, 0.15) is 13.2 Å². The Morgan fingerprint density at radius 2 is 2.06 bits per heavy atom. The number of thiophene rings is 1. The molecule has 8 heteroatoms. The van der Waals surface area contributed by atoms with E-state index in [4.69, 9.17) is 9.47 Å². The summed E-state index contributed by atoms with van der Waals surface area (Å²) in [7, 11) is 1.60.